The van der Waals surface area contributed by atoms with Crippen LogP contribution in [0.4, 0.5) is 0 Å². The fourth-order valence-electron chi connectivity index (χ4n) is 2.82. The molecule has 3 nitrogen and oxygen atoms in total. The van der Waals surface area contributed by atoms with Crippen molar-refractivity contribution >= 4 is 5.84 Å². The van der Waals surface area contributed by atoms with Crippen molar-refractivity contribution in [3.05, 3.63) is 0 Å². The largest absolute Gasteiger partial charge is 0.387 e. The fourth-order valence-corrected chi connectivity index (χ4v) is 2.82. The van der Waals surface area contributed by atoms with E-state index in [0.717, 1.165) is 18.3 Å². The molecule has 3 N–H and O–H groups in total. The maximum atomic E-state index is 5.87. The monoisotopic (exact) mass is 223 g/mol. The summed E-state index contributed by atoms with van der Waals surface area (Å²) < 4.78 is 0. The third kappa shape index (κ3) is 3.78. The summed E-state index contributed by atoms with van der Waals surface area (Å²) in [7, 11) is 0. The summed E-state index contributed by atoms with van der Waals surface area (Å²) >= 11 is 0. The zero-order chi connectivity index (χ0) is 11.2. The molecule has 2 unspecified atom stereocenters. The van der Waals surface area contributed by atoms with Crippen molar-refractivity contribution in [1.82, 2.24) is 5.32 Å². The van der Waals surface area contributed by atoms with Gasteiger partial charge >= 0.3 is 0 Å². The van der Waals surface area contributed by atoms with E-state index in [9.17, 15) is 0 Å². The Morgan fingerprint density at radius 3 is 2.81 bits per heavy atom. The Kier molecular flexibility index (Phi) is 4.64. The van der Waals surface area contributed by atoms with Crippen molar-refractivity contribution in [2.45, 2.75) is 69.9 Å². The molecular weight excluding hydrogens is 198 g/mol. The van der Waals surface area contributed by atoms with Gasteiger partial charge in [-0.05, 0) is 45.1 Å². The van der Waals surface area contributed by atoms with Crippen LogP contribution in [0.1, 0.15) is 57.8 Å². The van der Waals surface area contributed by atoms with Crippen LogP contribution in [0.2, 0.25) is 0 Å². The van der Waals surface area contributed by atoms with Gasteiger partial charge in [-0.15, -0.1) is 0 Å². The third-order valence-electron chi connectivity index (χ3n) is 3.83. The number of nitrogens with zero attached hydrogens (tertiary/aromatic N) is 1. The Balaban J connectivity index is 1.73. The van der Waals surface area contributed by atoms with E-state index >= 15 is 0 Å². The summed E-state index contributed by atoms with van der Waals surface area (Å²) in [6.07, 6.45) is 11.4. The molecule has 1 fully saturated rings. The number of rotatable bonds is 3. The molecule has 0 aromatic heterocycles. The highest BCUT2D eigenvalue weighted by Crippen LogP contribution is 2.19. The molecule has 2 atom stereocenters. The van der Waals surface area contributed by atoms with Gasteiger partial charge in [0.1, 0.15) is 0 Å². The van der Waals surface area contributed by atoms with E-state index in [0.29, 0.717) is 6.04 Å². The first kappa shape index (κ1) is 11.9. The van der Waals surface area contributed by atoms with Crippen LogP contribution in [-0.4, -0.2) is 24.5 Å². The van der Waals surface area contributed by atoms with Gasteiger partial charge in [0.2, 0.25) is 0 Å². The van der Waals surface area contributed by atoms with Gasteiger partial charge in [-0.2, -0.15) is 0 Å². The number of aliphatic imine (C=N–C) groups is 1. The lowest BCUT2D eigenvalue weighted by atomic mass is 9.97. The number of hydrogen-bond donors (Lipinski definition) is 2. The smallest absolute Gasteiger partial charge is 0.0940 e. The maximum Gasteiger partial charge on any atom is 0.0940 e. The Morgan fingerprint density at radius 1 is 1.12 bits per heavy atom. The summed E-state index contributed by atoms with van der Waals surface area (Å²) in [5, 5.41) is 3.61. The lowest BCUT2D eigenvalue weighted by Crippen LogP contribution is -2.34. The van der Waals surface area contributed by atoms with Gasteiger partial charge in [0, 0.05) is 12.5 Å². The molecule has 0 spiro atoms. The summed E-state index contributed by atoms with van der Waals surface area (Å²) in [5.41, 5.74) is 5.87. The van der Waals surface area contributed by atoms with E-state index in [1.807, 2.05) is 0 Å². The lowest BCUT2D eigenvalue weighted by molar-refractivity contribution is 0.361. The highest BCUT2D eigenvalue weighted by Gasteiger charge is 2.16. The van der Waals surface area contributed by atoms with Crippen LogP contribution in [0.3, 0.4) is 0 Å². The molecule has 2 aliphatic heterocycles. The molecule has 3 heteroatoms. The number of piperidine rings is 1. The van der Waals surface area contributed by atoms with Crippen molar-refractivity contribution in [2.75, 3.05) is 6.54 Å². The van der Waals surface area contributed by atoms with Gasteiger partial charge in [-0.3, -0.25) is 4.99 Å². The lowest BCUT2D eigenvalue weighted by Gasteiger charge is -2.24. The van der Waals surface area contributed by atoms with Crippen molar-refractivity contribution < 1.29 is 0 Å². The summed E-state index contributed by atoms with van der Waals surface area (Å²) in [6, 6.07) is 1.25. The average Bonchev–Trinajstić information content (AvgIpc) is 2.52. The van der Waals surface area contributed by atoms with Crippen LogP contribution in [0.5, 0.6) is 0 Å². The zero-order valence-electron chi connectivity index (χ0n) is 10.3. The van der Waals surface area contributed by atoms with Gasteiger partial charge in [0.05, 0.1) is 11.9 Å². The zero-order valence-corrected chi connectivity index (χ0v) is 10.3. The predicted molar refractivity (Wildman–Crippen MR) is 68.8 cm³/mol. The molecule has 0 bridgehead atoms. The molecule has 0 aromatic rings. The highest BCUT2D eigenvalue weighted by atomic mass is 14.9. The Hall–Kier alpha value is -0.570. The van der Waals surface area contributed by atoms with E-state index < -0.39 is 0 Å². The Morgan fingerprint density at radius 2 is 2.00 bits per heavy atom. The molecule has 1 saturated heterocycles. The van der Waals surface area contributed by atoms with E-state index in [1.54, 1.807) is 0 Å². The average molecular weight is 223 g/mol. The molecule has 2 heterocycles. The second-order valence-electron chi connectivity index (χ2n) is 5.24. The molecule has 16 heavy (non-hydrogen) atoms. The minimum atomic E-state index is 0.506. The van der Waals surface area contributed by atoms with E-state index in [4.69, 9.17) is 5.73 Å². The minimum Gasteiger partial charge on any atom is -0.387 e. The van der Waals surface area contributed by atoms with Gasteiger partial charge in [-0.25, -0.2) is 0 Å². The van der Waals surface area contributed by atoms with Crippen LogP contribution in [0.25, 0.3) is 0 Å². The molecule has 0 amide bonds. The van der Waals surface area contributed by atoms with Crippen LogP contribution < -0.4 is 11.1 Å². The summed E-state index contributed by atoms with van der Waals surface area (Å²) in [6.45, 7) is 1.21. The van der Waals surface area contributed by atoms with Gasteiger partial charge in [0.15, 0.2) is 0 Å². The molecule has 92 valence electrons. The summed E-state index contributed by atoms with van der Waals surface area (Å²) in [4.78, 5) is 4.63. The molecule has 2 rings (SSSR count). The normalized spacial score (nSPS) is 31.9. The quantitative estimate of drug-likeness (QED) is 0.770. The fraction of sp³-hybridized carbons (Fsp3) is 0.923. The number of nitrogens with two attached hydrogens (primary N) is 1. The van der Waals surface area contributed by atoms with Crippen molar-refractivity contribution in [1.29, 1.82) is 0 Å². The molecular formula is C13H25N3. The standard InChI is InChI=1S/C13H25N3/c14-13-7-2-1-6-12(16-13)9-8-11-5-3-4-10-15-11/h11-12,15H,1-10H2,(H2,14,16). The molecule has 0 saturated carbocycles. The van der Waals surface area contributed by atoms with Crippen molar-refractivity contribution in [3.8, 4) is 0 Å². The molecule has 0 radical (unpaired) electrons. The van der Waals surface area contributed by atoms with Gasteiger partial charge < -0.3 is 11.1 Å². The van der Waals surface area contributed by atoms with Gasteiger partial charge in [0.25, 0.3) is 0 Å². The number of amidine groups is 1. The topological polar surface area (TPSA) is 50.4 Å². The van der Waals surface area contributed by atoms with Crippen molar-refractivity contribution in [3.63, 3.8) is 0 Å². The first-order chi connectivity index (χ1) is 7.84. The maximum absolute atomic E-state index is 5.87. The van der Waals surface area contributed by atoms with E-state index in [2.05, 4.69) is 10.3 Å². The number of nitrogens with one attached hydrogen (secondary N) is 1. The second-order valence-corrected chi connectivity index (χ2v) is 5.24. The molecule has 0 aromatic carbocycles. The highest BCUT2D eigenvalue weighted by molar-refractivity contribution is 5.80. The third-order valence-corrected chi connectivity index (χ3v) is 3.83. The minimum absolute atomic E-state index is 0.506. The Bertz CT molecular complexity index is 231. The Labute approximate surface area is 98.9 Å². The number of hydrogen-bond acceptors (Lipinski definition) is 3. The first-order valence-corrected chi connectivity index (χ1v) is 6.90. The van der Waals surface area contributed by atoms with E-state index in [1.165, 1.54) is 57.9 Å². The van der Waals surface area contributed by atoms with Crippen molar-refractivity contribution in [2.24, 2.45) is 10.7 Å². The SMILES string of the molecule is NC1=NC(CCC2CCCCN2)CCCC1. The van der Waals surface area contributed by atoms with Crippen LogP contribution in [0, 0.1) is 0 Å². The predicted octanol–water partition coefficient (Wildman–Crippen LogP) is 2.21. The molecule has 0 aliphatic carbocycles. The van der Waals surface area contributed by atoms with Crippen LogP contribution in [0.15, 0.2) is 4.99 Å². The first-order valence-electron chi connectivity index (χ1n) is 6.90. The van der Waals surface area contributed by atoms with Gasteiger partial charge in [-0.1, -0.05) is 12.8 Å². The van der Waals surface area contributed by atoms with Crippen LogP contribution in [-0.2, 0) is 0 Å². The van der Waals surface area contributed by atoms with Crippen LogP contribution >= 0.6 is 0 Å². The second kappa shape index (κ2) is 6.24. The van der Waals surface area contributed by atoms with E-state index in [-0.39, 0.29) is 0 Å². The molecule has 2 aliphatic rings. The summed E-state index contributed by atoms with van der Waals surface area (Å²) in [5.74, 6) is 0.888.